The molecule has 2 aromatic carbocycles. The van der Waals surface area contributed by atoms with Crippen LogP contribution >= 0.6 is 22.9 Å². The number of pyridine rings is 1. The Morgan fingerprint density at radius 3 is 2.55 bits per heavy atom. The summed E-state index contributed by atoms with van der Waals surface area (Å²) in [6.45, 7) is 3.28. The number of rotatable bonds is 8. The summed E-state index contributed by atoms with van der Waals surface area (Å²) in [6.07, 6.45) is 0.628. The Kier molecular flexibility index (Phi) is 8.31. The van der Waals surface area contributed by atoms with Gasteiger partial charge in [0, 0.05) is 29.8 Å². The third-order valence-corrected chi connectivity index (χ3v) is 7.48. The number of fused-ring (bicyclic) bond motifs is 2. The number of halogens is 2. The normalized spacial score (nSPS) is 12.5. The van der Waals surface area contributed by atoms with Crippen LogP contribution in [0.1, 0.15) is 24.3 Å². The molecule has 0 spiro atoms. The molecule has 3 aromatic heterocycles. The van der Waals surface area contributed by atoms with E-state index in [0.29, 0.717) is 48.4 Å². The highest BCUT2D eigenvalue weighted by Gasteiger charge is 2.22. The summed E-state index contributed by atoms with van der Waals surface area (Å²) in [4.78, 5) is 41.4. The summed E-state index contributed by atoms with van der Waals surface area (Å²) in [5.74, 6) is -0.639. The summed E-state index contributed by atoms with van der Waals surface area (Å²) in [6, 6.07) is 9.23. The first-order valence-electron chi connectivity index (χ1n) is 12.6. The van der Waals surface area contributed by atoms with E-state index in [9.17, 15) is 9.59 Å². The van der Waals surface area contributed by atoms with E-state index < -0.39 is 24.1 Å². The van der Waals surface area contributed by atoms with Crippen LogP contribution in [-0.2, 0) is 4.74 Å². The Morgan fingerprint density at radius 1 is 1.02 bits per heavy atom. The van der Waals surface area contributed by atoms with Gasteiger partial charge in [-0.15, -0.1) is 11.3 Å². The second-order valence-corrected chi connectivity index (χ2v) is 10.5. The largest absolute Gasteiger partial charge is 0.484 e. The van der Waals surface area contributed by atoms with Crippen LogP contribution in [0.15, 0.2) is 48.8 Å². The molecule has 11 nitrogen and oxygen atoms in total. The maximum atomic E-state index is 15.0. The lowest BCUT2D eigenvalue weighted by atomic mass is 10.2. The van der Waals surface area contributed by atoms with Crippen molar-refractivity contribution in [3.63, 3.8) is 0 Å². The Labute approximate surface area is 248 Å². The zero-order valence-corrected chi connectivity index (χ0v) is 24.3. The van der Waals surface area contributed by atoms with E-state index in [-0.39, 0.29) is 17.4 Å². The molecule has 2 N–H and O–H groups in total. The zero-order valence-electron chi connectivity index (χ0n) is 22.8. The van der Waals surface area contributed by atoms with E-state index in [2.05, 4.69) is 30.6 Å². The van der Waals surface area contributed by atoms with Gasteiger partial charge in [-0.1, -0.05) is 11.6 Å². The number of aromatic nitrogens is 4. The zero-order chi connectivity index (χ0) is 30.0. The van der Waals surface area contributed by atoms with Crippen molar-refractivity contribution in [2.75, 3.05) is 19.5 Å². The molecule has 0 unspecified atom stereocenters. The number of nitrogens with zero attached hydrogens (tertiary/aromatic N) is 4. The van der Waals surface area contributed by atoms with Gasteiger partial charge in [0.25, 0.3) is 5.91 Å². The smallest absolute Gasteiger partial charge is 0.412 e. The molecule has 0 bridgehead atoms. The van der Waals surface area contributed by atoms with Crippen LogP contribution in [0, 0.1) is 5.82 Å². The van der Waals surface area contributed by atoms with Crippen molar-refractivity contribution in [2.45, 2.75) is 26.1 Å². The number of carbonyl (C=O) groups excluding carboxylic acids is 2. The number of hydrogen-bond acceptors (Lipinski definition) is 10. The van der Waals surface area contributed by atoms with Gasteiger partial charge in [0.15, 0.2) is 11.6 Å². The predicted molar refractivity (Wildman–Crippen MR) is 157 cm³/mol. The van der Waals surface area contributed by atoms with Gasteiger partial charge in [-0.25, -0.2) is 29.1 Å². The summed E-state index contributed by atoms with van der Waals surface area (Å²) in [5, 5.41) is 6.02. The van der Waals surface area contributed by atoms with Gasteiger partial charge in [-0.3, -0.25) is 10.1 Å². The van der Waals surface area contributed by atoms with Crippen LogP contribution in [0.2, 0.25) is 5.02 Å². The lowest BCUT2D eigenvalue weighted by Crippen LogP contribution is -2.32. The molecule has 3 heterocycles. The molecule has 0 radical (unpaired) electrons. The Morgan fingerprint density at radius 2 is 1.83 bits per heavy atom. The predicted octanol–water partition coefficient (Wildman–Crippen LogP) is 5.87. The third kappa shape index (κ3) is 6.16. The van der Waals surface area contributed by atoms with Gasteiger partial charge in [0.05, 0.1) is 46.4 Å². The molecular formula is C28H24ClFN6O5S. The average molecular weight is 611 g/mol. The molecule has 0 aliphatic rings. The average Bonchev–Trinajstić information content (AvgIpc) is 3.38. The van der Waals surface area contributed by atoms with E-state index in [1.165, 1.54) is 56.1 Å². The van der Waals surface area contributed by atoms with Gasteiger partial charge < -0.3 is 19.5 Å². The van der Waals surface area contributed by atoms with Gasteiger partial charge in [-0.05, 0) is 38.1 Å². The fourth-order valence-electron chi connectivity index (χ4n) is 3.91. The SMILES string of the molecule is CNC(=O)c1ccc(NC(=O)O[C@H](C)[C@H](C)Oc2cc3sc(-c4cc(Cl)cc5nc(OC)cnc45)nc3cc2F)cn1. The minimum atomic E-state index is -0.759. The summed E-state index contributed by atoms with van der Waals surface area (Å²) < 4.78 is 32.1. The van der Waals surface area contributed by atoms with Crippen molar-refractivity contribution >= 4 is 61.9 Å². The molecule has 42 heavy (non-hydrogen) atoms. The number of carbonyl (C=O) groups is 2. The first-order valence-corrected chi connectivity index (χ1v) is 13.8. The summed E-state index contributed by atoms with van der Waals surface area (Å²) >= 11 is 7.66. The van der Waals surface area contributed by atoms with Crippen LogP contribution in [0.25, 0.3) is 31.8 Å². The fraction of sp³-hybridized carbons (Fsp3) is 0.214. The molecule has 2 atom stereocenters. The van der Waals surface area contributed by atoms with Gasteiger partial charge >= 0.3 is 6.09 Å². The van der Waals surface area contributed by atoms with Gasteiger partial charge in [-0.2, -0.15) is 0 Å². The van der Waals surface area contributed by atoms with Crippen LogP contribution in [0.5, 0.6) is 11.6 Å². The number of anilines is 1. The van der Waals surface area contributed by atoms with E-state index in [1.54, 1.807) is 32.0 Å². The molecule has 14 heteroatoms. The maximum absolute atomic E-state index is 15.0. The van der Waals surface area contributed by atoms with Crippen molar-refractivity contribution in [3.8, 4) is 22.2 Å². The highest BCUT2D eigenvalue weighted by Crippen LogP contribution is 2.38. The van der Waals surface area contributed by atoms with E-state index in [1.807, 2.05) is 0 Å². The first kappa shape index (κ1) is 28.9. The van der Waals surface area contributed by atoms with Crippen molar-refractivity contribution in [1.82, 2.24) is 25.3 Å². The van der Waals surface area contributed by atoms with E-state index in [0.717, 1.165) is 0 Å². The first-order chi connectivity index (χ1) is 20.1. The number of hydrogen-bond donors (Lipinski definition) is 2. The number of amides is 2. The fourth-order valence-corrected chi connectivity index (χ4v) is 5.11. The molecule has 0 aliphatic heterocycles. The Balaban J connectivity index is 1.30. The molecule has 2 amide bonds. The maximum Gasteiger partial charge on any atom is 0.412 e. The van der Waals surface area contributed by atoms with Gasteiger partial charge in [0.2, 0.25) is 5.88 Å². The molecule has 0 saturated heterocycles. The number of nitrogens with one attached hydrogen (secondary N) is 2. The molecule has 0 saturated carbocycles. The lowest BCUT2D eigenvalue weighted by Gasteiger charge is -2.22. The van der Waals surface area contributed by atoms with Crippen molar-refractivity contribution in [3.05, 3.63) is 65.3 Å². The highest BCUT2D eigenvalue weighted by molar-refractivity contribution is 7.21. The van der Waals surface area contributed by atoms with Crippen LogP contribution < -0.4 is 20.1 Å². The lowest BCUT2D eigenvalue weighted by molar-refractivity contribution is 0.0402. The summed E-state index contributed by atoms with van der Waals surface area (Å²) in [7, 11) is 2.99. The van der Waals surface area contributed by atoms with Crippen LogP contribution in [-0.4, -0.2) is 58.3 Å². The third-order valence-electron chi connectivity index (χ3n) is 6.21. The minimum Gasteiger partial charge on any atom is -0.484 e. The van der Waals surface area contributed by atoms with Crippen LogP contribution in [0.4, 0.5) is 14.9 Å². The quantitative estimate of drug-likeness (QED) is 0.221. The Bertz CT molecular complexity index is 1800. The van der Waals surface area contributed by atoms with Gasteiger partial charge in [0.1, 0.15) is 22.9 Å². The highest BCUT2D eigenvalue weighted by atomic mass is 35.5. The van der Waals surface area contributed by atoms with Crippen molar-refractivity contribution in [2.24, 2.45) is 0 Å². The number of ether oxygens (including phenoxy) is 3. The number of methoxy groups -OCH3 is 1. The monoisotopic (exact) mass is 610 g/mol. The number of benzene rings is 2. The minimum absolute atomic E-state index is 0.0180. The molecule has 5 aromatic rings. The molecule has 216 valence electrons. The van der Waals surface area contributed by atoms with E-state index >= 15 is 4.39 Å². The molecular weight excluding hydrogens is 587 g/mol. The molecule has 0 aliphatic carbocycles. The standard InChI is InChI=1S/C28H24ClFN6O5S/c1-13(14(2)41-28(38)34-16-5-6-19(32-11-16)26(37)31-3)40-22-10-23-20(9-18(22)30)36-27(42-23)17-7-15(29)8-21-25(17)33-12-24(35-21)39-4/h5-14H,1-4H3,(H,31,37)(H,34,38)/t13-,14+/m0/s1. The van der Waals surface area contributed by atoms with Crippen LogP contribution in [0.3, 0.4) is 0 Å². The summed E-state index contributed by atoms with van der Waals surface area (Å²) in [5.41, 5.74) is 2.73. The molecule has 0 fully saturated rings. The molecule has 5 rings (SSSR count). The van der Waals surface area contributed by atoms with Crippen molar-refractivity contribution in [1.29, 1.82) is 0 Å². The second-order valence-electron chi connectivity index (χ2n) is 9.07. The van der Waals surface area contributed by atoms with E-state index in [4.69, 9.17) is 25.8 Å². The topological polar surface area (TPSA) is 137 Å². The number of thiazole rings is 1. The Hall–Kier alpha value is -4.62. The van der Waals surface area contributed by atoms with Crippen molar-refractivity contribution < 1.29 is 28.2 Å². The second kappa shape index (κ2) is 12.1.